The summed E-state index contributed by atoms with van der Waals surface area (Å²) in [5.41, 5.74) is 2.14. The molecule has 10 heteroatoms. The Morgan fingerprint density at radius 2 is 1.94 bits per heavy atom. The lowest BCUT2D eigenvalue weighted by Crippen LogP contribution is -2.39. The van der Waals surface area contributed by atoms with E-state index in [2.05, 4.69) is 20.3 Å². The van der Waals surface area contributed by atoms with Gasteiger partial charge in [0.05, 0.1) is 43.0 Å². The zero-order valence-corrected chi connectivity index (χ0v) is 19.0. The van der Waals surface area contributed by atoms with Gasteiger partial charge >= 0.3 is 0 Å². The fourth-order valence-corrected chi connectivity index (χ4v) is 3.99. The molecule has 1 aromatic carbocycles. The maximum atomic E-state index is 13.6. The molecule has 34 heavy (non-hydrogen) atoms. The van der Waals surface area contributed by atoms with E-state index in [-0.39, 0.29) is 18.5 Å². The number of nitrogens with one attached hydrogen (secondary N) is 2. The summed E-state index contributed by atoms with van der Waals surface area (Å²) in [5, 5.41) is 12.8. The fraction of sp³-hybridized carbons (Fsp3) is 0.458. The van der Waals surface area contributed by atoms with Gasteiger partial charge in [0.15, 0.2) is 5.82 Å². The molecular weight excluding hydrogens is 441 g/mol. The second kappa shape index (κ2) is 9.75. The molecule has 3 N–H and O–H groups in total. The number of hydrogen-bond acceptors (Lipinski definition) is 8. The number of benzene rings is 1. The molecule has 2 aliphatic rings. The van der Waals surface area contributed by atoms with Gasteiger partial charge in [0.2, 0.25) is 12.2 Å². The zero-order chi connectivity index (χ0) is 23.5. The SMILES string of the molecule is CC1(CO)COC(c2nc(-c3ccc(F)cc3)c(-c3ccnc(NCC4CCCO4)n3)[nH]2)OC1. The van der Waals surface area contributed by atoms with Crippen LogP contribution in [0.2, 0.25) is 0 Å². The Balaban J connectivity index is 1.44. The number of rotatable bonds is 7. The molecule has 2 fully saturated rings. The van der Waals surface area contributed by atoms with E-state index in [1.54, 1.807) is 24.4 Å². The van der Waals surface area contributed by atoms with Gasteiger partial charge < -0.3 is 29.6 Å². The third-order valence-electron chi connectivity index (χ3n) is 6.03. The lowest BCUT2D eigenvalue weighted by Gasteiger charge is -2.35. The van der Waals surface area contributed by atoms with Gasteiger partial charge in [0.1, 0.15) is 5.82 Å². The van der Waals surface area contributed by atoms with Crippen LogP contribution in [0.5, 0.6) is 0 Å². The van der Waals surface area contributed by atoms with Crippen LogP contribution < -0.4 is 5.32 Å². The number of ether oxygens (including phenoxy) is 3. The molecule has 3 aromatic rings. The van der Waals surface area contributed by atoms with Gasteiger partial charge in [0, 0.05) is 30.3 Å². The third kappa shape index (κ3) is 4.95. The highest BCUT2D eigenvalue weighted by Gasteiger charge is 2.34. The van der Waals surface area contributed by atoms with Crippen LogP contribution in [-0.4, -0.2) is 64.1 Å². The van der Waals surface area contributed by atoms with Crippen molar-refractivity contribution in [1.82, 2.24) is 19.9 Å². The second-order valence-electron chi connectivity index (χ2n) is 9.06. The number of nitrogens with zero attached hydrogens (tertiary/aromatic N) is 3. The quantitative estimate of drug-likeness (QED) is 0.483. The van der Waals surface area contributed by atoms with E-state index in [0.29, 0.717) is 48.6 Å². The third-order valence-corrected chi connectivity index (χ3v) is 6.03. The number of aromatic amines is 1. The molecule has 5 rings (SSSR count). The smallest absolute Gasteiger partial charge is 0.223 e. The first-order chi connectivity index (χ1) is 16.5. The number of H-pyrrole nitrogens is 1. The minimum atomic E-state index is -0.716. The average molecular weight is 470 g/mol. The number of aliphatic hydroxyl groups excluding tert-OH is 1. The van der Waals surface area contributed by atoms with Crippen LogP contribution >= 0.6 is 0 Å². The van der Waals surface area contributed by atoms with Gasteiger partial charge in [-0.2, -0.15) is 0 Å². The minimum Gasteiger partial charge on any atom is -0.396 e. The molecule has 0 amide bonds. The van der Waals surface area contributed by atoms with Crippen molar-refractivity contribution in [2.45, 2.75) is 32.2 Å². The summed E-state index contributed by atoms with van der Waals surface area (Å²) >= 11 is 0. The van der Waals surface area contributed by atoms with Gasteiger partial charge in [-0.1, -0.05) is 6.92 Å². The van der Waals surface area contributed by atoms with E-state index in [1.807, 2.05) is 6.92 Å². The molecule has 2 aliphatic heterocycles. The summed E-state index contributed by atoms with van der Waals surface area (Å²) in [5.74, 6) is 0.630. The number of imidazole rings is 1. The predicted molar refractivity (Wildman–Crippen MR) is 122 cm³/mol. The first-order valence-electron chi connectivity index (χ1n) is 11.4. The Labute approximate surface area is 196 Å². The van der Waals surface area contributed by atoms with Gasteiger partial charge in [-0.05, 0) is 43.2 Å². The Kier molecular flexibility index (Phi) is 6.55. The van der Waals surface area contributed by atoms with Crippen molar-refractivity contribution in [1.29, 1.82) is 0 Å². The van der Waals surface area contributed by atoms with Crippen molar-refractivity contribution < 1.29 is 23.7 Å². The lowest BCUT2D eigenvalue weighted by molar-refractivity contribution is -0.239. The number of hydrogen-bond donors (Lipinski definition) is 3. The molecule has 180 valence electrons. The number of anilines is 1. The summed E-state index contributed by atoms with van der Waals surface area (Å²) in [6.07, 6.45) is 3.20. The number of halogens is 1. The Morgan fingerprint density at radius 1 is 1.15 bits per heavy atom. The van der Waals surface area contributed by atoms with Gasteiger partial charge in [-0.25, -0.2) is 19.3 Å². The molecule has 0 spiro atoms. The summed E-state index contributed by atoms with van der Waals surface area (Å²) in [7, 11) is 0. The van der Waals surface area contributed by atoms with Crippen molar-refractivity contribution >= 4 is 5.95 Å². The van der Waals surface area contributed by atoms with Gasteiger partial charge in [-0.3, -0.25) is 0 Å². The van der Waals surface area contributed by atoms with Gasteiger partial charge in [-0.15, -0.1) is 0 Å². The Morgan fingerprint density at radius 3 is 2.65 bits per heavy atom. The Bertz CT molecular complexity index is 1110. The first-order valence-corrected chi connectivity index (χ1v) is 11.4. The average Bonchev–Trinajstić information content (AvgIpc) is 3.55. The highest BCUT2D eigenvalue weighted by molar-refractivity contribution is 5.77. The number of aromatic nitrogens is 4. The maximum Gasteiger partial charge on any atom is 0.223 e. The highest BCUT2D eigenvalue weighted by atomic mass is 19.1. The van der Waals surface area contributed by atoms with Crippen molar-refractivity contribution in [2.75, 3.05) is 38.3 Å². The Hall–Kier alpha value is -2.92. The van der Waals surface area contributed by atoms with Crippen LogP contribution in [0.3, 0.4) is 0 Å². The largest absolute Gasteiger partial charge is 0.396 e. The van der Waals surface area contributed by atoms with Crippen molar-refractivity contribution in [3.8, 4) is 22.6 Å². The van der Waals surface area contributed by atoms with Crippen LogP contribution in [-0.2, 0) is 14.2 Å². The summed E-state index contributed by atoms with van der Waals surface area (Å²) in [6.45, 7) is 3.95. The highest BCUT2D eigenvalue weighted by Crippen LogP contribution is 2.35. The molecule has 0 radical (unpaired) electrons. The molecule has 0 aliphatic carbocycles. The lowest BCUT2D eigenvalue weighted by atomic mass is 9.94. The minimum absolute atomic E-state index is 0.0352. The van der Waals surface area contributed by atoms with Crippen molar-refractivity contribution in [3.63, 3.8) is 0 Å². The van der Waals surface area contributed by atoms with E-state index in [9.17, 15) is 9.50 Å². The zero-order valence-electron chi connectivity index (χ0n) is 19.0. The molecule has 9 nitrogen and oxygen atoms in total. The normalized spacial score (nSPS) is 24.9. The van der Waals surface area contributed by atoms with E-state index in [4.69, 9.17) is 19.2 Å². The monoisotopic (exact) mass is 469 g/mol. The van der Waals surface area contributed by atoms with Gasteiger partial charge in [0.25, 0.3) is 0 Å². The standard InChI is InChI=1S/C24H28FN5O4/c1-24(12-31)13-33-22(34-14-24)21-29-19(15-4-6-16(25)7-5-15)20(30-21)18-8-9-26-23(28-18)27-11-17-3-2-10-32-17/h4-9,17,22,31H,2-3,10-14H2,1H3,(H,29,30)(H,26,27,28). The molecule has 0 bridgehead atoms. The molecule has 0 saturated carbocycles. The molecule has 1 unspecified atom stereocenters. The molecule has 4 heterocycles. The summed E-state index contributed by atoms with van der Waals surface area (Å²) in [4.78, 5) is 17.0. The topological polar surface area (TPSA) is 114 Å². The molecular formula is C24H28FN5O4. The van der Waals surface area contributed by atoms with Crippen molar-refractivity contribution in [2.24, 2.45) is 5.41 Å². The fourth-order valence-electron chi connectivity index (χ4n) is 3.99. The number of aliphatic hydroxyl groups is 1. The summed E-state index contributed by atoms with van der Waals surface area (Å²) in [6, 6.07) is 7.90. The van der Waals surface area contributed by atoms with Crippen LogP contribution in [0.1, 0.15) is 31.9 Å². The van der Waals surface area contributed by atoms with E-state index >= 15 is 0 Å². The molecule has 2 aromatic heterocycles. The second-order valence-corrected chi connectivity index (χ2v) is 9.06. The van der Waals surface area contributed by atoms with Crippen LogP contribution in [0, 0.1) is 11.2 Å². The van der Waals surface area contributed by atoms with Crippen LogP contribution in [0.15, 0.2) is 36.5 Å². The van der Waals surface area contributed by atoms with Crippen LogP contribution in [0.25, 0.3) is 22.6 Å². The molecule has 1 atom stereocenters. The van der Waals surface area contributed by atoms with E-state index in [1.165, 1.54) is 12.1 Å². The maximum absolute atomic E-state index is 13.6. The first kappa shape index (κ1) is 22.9. The van der Waals surface area contributed by atoms with E-state index < -0.39 is 11.7 Å². The van der Waals surface area contributed by atoms with E-state index in [0.717, 1.165) is 25.0 Å². The summed E-state index contributed by atoms with van der Waals surface area (Å²) < 4.78 is 30.9. The van der Waals surface area contributed by atoms with Crippen molar-refractivity contribution in [3.05, 3.63) is 48.2 Å². The molecule has 2 saturated heterocycles. The van der Waals surface area contributed by atoms with Crippen LogP contribution in [0.4, 0.5) is 10.3 Å². The predicted octanol–water partition coefficient (Wildman–Crippen LogP) is 3.31.